The second kappa shape index (κ2) is 8.01. The van der Waals surface area contributed by atoms with Crippen LogP contribution < -0.4 is 4.74 Å². The van der Waals surface area contributed by atoms with Gasteiger partial charge in [0.05, 0.1) is 17.7 Å². The molecule has 0 fully saturated rings. The molecule has 3 nitrogen and oxygen atoms in total. The summed E-state index contributed by atoms with van der Waals surface area (Å²) in [6, 6.07) is 16.0. The molecule has 0 bridgehead atoms. The molecule has 2 rings (SSSR count). The van der Waals surface area contributed by atoms with E-state index in [1.165, 1.54) is 0 Å². The van der Waals surface area contributed by atoms with Gasteiger partial charge in [0.15, 0.2) is 0 Å². The van der Waals surface area contributed by atoms with Crippen LogP contribution in [0.1, 0.15) is 43.4 Å². The van der Waals surface area contributed by atoms with Gasteiger partial charge in [-0.05, 0) is 43.0 Å². The highest BCUT2D eigenvalue weighted by Gasteiger charge is 2.14. The van der Waals surface area contributed by atoms with Crippen molar-refractivity contribution in [1.29, 1.82) is 10.5 Å². The molecule has 0 saturated carbocycles. The number of hydrogen-bond acceptors (Lipinski definition) is 3. The monoisotopic (exact) mass is 304 g/mol. The Hall–Kier alpha value is -2.78. The molecule has 0 aliphatic carbocycles. The smallest absolute Gasteiger partial charge is 0.119 e. The molecule has 0 aromatic heterocycles. The quantitative estimate of drug-likeness (QED) is 0.767. The first kappa shape index (κ1) is 16.6. The Bertz CT molecular complexity index is 749. The summed E-state index contributed by atoms with van der Waals surface area (Å²) in [5, 5.41) is 19.0. The first-order valence-corrected chi connectivity index (χ1v) is 7.94. The Morgan fingerprint density at radius 2 is 1.61 bits per heavy atom. The van der Waals surface area contributed by atoms with Crippen molar-refractivity contribution >= 4 is 0 Å². The van der Waals surface area contributed by atoms with E-state index >= 15 is 0 Å². The Morgan fingerprint density at radius 3 is 2.17 bits per heavy atom. The maximum absolute atomic E-state index is 9.55. The summed E-state index contributed by atoms with van der Waals surface area (Å²) < 4.78 is 5.44. The van der Waals surface area contributed by atoms with Crippen molar-refractivity contribution in [2.75, 3.05) is 6.61 Å². The van der Waals surface area contributed by atoms with E-state index in [1.807, 2.05) is 43.3 Å². The van der Waals surface area contributed by atoms with Gasteiger partial charge >= 0.3 is 0 Å². The van der Waals surface area contributed by atoms with E-state index in [4.69, 9.17) is 4.74 Å². The topological polar surface area (TPSA) is 56.8 Å². The molecule has 0 heterocycles. The number of unbranched alkanes of at least 4 members (excludes halogenated alkanes) is 1. The first-order valence-electron chi connectivity index (χ1n) is 7.94. The molecule has 2 aromatic carbocycles. The van der Waals surface area contributed by atoms with Crippen molar-refractivity contribution in [2.45, 2.75) is 33.1 Å². The van der Waals surface area contributed by atoms with E-state index in [1.54, 1.807) is 0 Å². The molecule has 0 radical (unpaired) electrons. The van der Waals surface area contributed by atoms with Crippen molar-refractivity contribution in [3.05, 3.63) is 53.1 Å². The predicted molar refractivity (Wildman–Crippen MR) is 91.1 cm³/mol. The first-order chi connectivity index (χ1) is 11.2. The minimum absolute atomic E-state index is 0.463. The van der Waals surface area contributed by atoms with Gasteiger partial charge in [-0.3, -0.25) is 0 Å². The fourth-order valence-electron chi connectivity index (χ4n) is 2.60. The molecule has 0 aliphatic rings. The highest BCUT2D eigenvalue weighted by atomic mass is 16.5. The van der Waals surface area contributed by atoms with Crippen molar-refractivity contribution in [3.8, 4) is 29.0 Å². The van der Waals surface area contributed by atoms with Gasteiger partial charge < -0.3 is 4.74 Å². The molecule has 0 amide bonds. The largest absolute Gasteiger partial charge is 0.494 e. The molecule has 0 spiro atoms. The zero-order chi connectivity index (χ0) is 16.7. The summed E-state index contributed by atoms with van der Waals surface area (Å²) in [6.45, 7) is 4.68. The lowest BCUT2D eigenvalue weighted by Crippen LogP contribution is -1.97. The summed E-state index contributed by atoms with van der Waals surface area (Å²) in [5.74, 6) is 0.801. The molecule has 0 N–H and O–H groups in total. The van der Waals surface area contributed by atoms with Gasteiger partial charge in [0.25, 0.3) is 0 Å². The third-order valence-electron chi connectivity index (χ3n) is 3.79. The van der Waals surface area contributed by atoms with Gasteiger partial charge in [0, 0.05) is 5.56 Å². The molecule has 2 aromatic rings. The third-order valence-corrected chi connectivity index (χ3v) is 3.79. The molecule has 0 unspecified atom stereocenters. The van der Waals surface area contributed by atoms with E-state index in [2.05, 4.69) is 19.1 Å². The molecule has 23 heavy (non-hydrogen) atoms. The molecule has 0 atom stereocenters. The standard InChI is InChI=1S/C20H20N2O/c1-3-5-6-15-9-12-18(20(14-22)19(15)13-21)16-7-10-17(11-8-16)23-4-2/h7-12H,3-6H2,1-2H3. The van der Waals surface area contributed by atoms with Crippen molar-refractivity contribution in [2.24, 2.45) is 0 Å². The van der Waals surface area contributed by atoms with Gasteiger partial charge in [-0.2, -0.15) is 10.5 Å². The van der Waals surface area contributed by atoms with Gasteiger partial charge in [-0.15, -0.1) is 0 Å². The average Bonchev–Trinajstić information content (AvgIpc) is 2.60. The average molecular weight is 304 g/mol. The van der Waals surface area contributed by atoms with Crippen LogP contribution in [0.25, 0.3) is 11.1 Å². The van der Waals surface area contributed by atoms with Crippen molar-refractivity contribution in [3.63, 3.8) is 0 Å². The number of nitriles is 2. The molecular formula is C20H20N2O. The van der Waals surface area contributed by atoms with E-state index in [0.29, 0.717) is 17.7 Å². The van der Waals surface area contributed by atoms with Crippen LogP contribution in [0.15, 0.2) is 36.4 Å². The van der Waals surface area contributed by atoms with Crippen LogP contribution in [0, 0.1) is 22.7 Å². The van der Waals surface area contributed by atoms with Crippen LogP contribution >= 0.6 is 0 Å². The maximum atomic E-state index is 9.55. The van der Waals surface area contributed by atoms with Crippen LogP contribution in [0.2, 0.25) is 0 Å². The lowest BCUT2D eigenvalue weighted by Gasteiger charge is -2.11. The fraction of sp³-hybridized carbons (Fsp3) is 0.300. The summed E-state index contributed by atoms with van der Waals surface area (Å²) >= 11 is 0. The van der Waals surface area contributed by atoms with Crippen LogP contribution in [0.4, 0.5) is 0 Å². The van der Waals surface area contributed by atoms with E-state index in [-0.39, 0.29) is 0 Å². The fourth-order valence-corrected chi connectivity index (χ4v) is 2.60. The lowest BCUT2D eigenvalue weighted by atomic mass is 9.91. The van der Waals surface area contributed by atoms with E-state index in [0.717, 1.165) is 41.7 Å². The Balaban J connectivity index is 2.47. The summed E-state index contributed by atoms with van der Waals surface area (Å²) in [7, 11) is 0. The number of nitrogens with zero attached hydrogens (tertiary/aromatic N) is 2. The molecule has 116 valence electrons. The van der Waals surface area contributed by atoms with Crippen LogP contribution in [-0.4, -0.2) is 6.61 Å². The molecular weight excluding hydrogens is 284 g/mol. The second-order valence-electron chi connectivity index (χ2n) is 5.31. The van der Waals surface area contributed by atoms with Crippen LogP contribution in [0.3, 0.4) is 0 Å². The predicted octanol–water partition coefficient (Wildman–Crippen LogP) is 4.84. The minimum Gasteiger partial charge on any atom is -0.494 e. The highest BCUT2D eigenvalue weighted by Crippen LogP contribution is 2.29. The zero-order valence-electron chi connectivity index (χ0n) is 13.6. The van der Waals surface area contributed by atoms with Gasteiger partial charge in [-0.25, -0.2) is 0 Å². The summed E-state index contributed by atoms with van der Waals surface area (Å²) in [5.41, 5.74) is 3.65. The third kappa shape index (κ3) is 3.71. The van der Waals surface area contributed by atoms with Gasteiger partial charge in [-0.1, -0.05) is 37.6 Å². The van der Waals surface area contributed by atoms with Crippen molar-refractivity contribution < 1.29 is 4.74 Å². The van der Waals surface area contributed by atoms with Crippen LogP contribution in [0.5, 0.6) is 5.75 Å². The lowest BCUT2D eigenvalue weighted by molar-refractivity contribution is 0.340. The SMILES string of the molecule is CCCCc1ccc(-c2ccc(OCC)cc2)c(C#N)c1C#N. The molecule has 0 aliphatic heterocycles. The second-order valence-corrected chi connectivity index (χ2v) is 5.31. The van der Waals surface area contributed by atoms with Crippen LogP contribution in [-0.2, 0) is 6.42 Å². The molecule has 3 heteroatoms. The summed E-state index contributed by atoms with van der Waals surface area (Å²) in [6.07, 6.45) is 2.91. The highest BCUT2D eigenvalue weighted by molar-refractivity contribution is 5.75. The number of ether oxygens (including phenoxy) is 1. The maximum Gasteiger partial charge on any atom is 0.119 e. The van der Waals surface area contributed by atoms with Gasteiger partial charge in [0.1, 0.15) is 17.9 Å². The number of rotatable bonds is 6. The Kier molecular flexibility index (Phi) is 5.78. The normalized spacial score (nSPS) is 9.91. The van der Waals surface area contributed by atoms with Gasteiger partial charge in [0.2, 0.25) is 0 Å². The zero-order valence-corrected chi connectivity index (χ0v) is 13.6. The Labute approximate surface area is 137 Å². The number of aryl methyl sites for hydroxylation is 1. The number of benzene rings is 2. The molecule has 0 saturated heterocycles. The van der Waals surface area contributed by atoms with E-state index in [9.17, 15) is 10.5 Å². The Morgan fingerprint density at radius 1 is 0.913 bits per heavy atom. The number of hydrogen-bond donors (Lipinski definition) is 0. The summed E-state index contributed by atoms with van der Waals surface area (Å²) in [4.78, 5) is 0. The van der Waals surface area contributed by atoms with E-state index < -0.39 is 0 Å². The minimum atomic E-state index is 0.463. The van der Waals surface area contributed by atoms with Crippen molar-refractivity contribution in [1.82, 2.24) is 0 Å².